The van der Waals surface area contributed by atoms with E-state index in [1.165, 1.54) is 12.1 Å². The zero-order valence-corrected chi connectivity index (χ0v) is 10.0. The van der Waals surface area contributed by atoms with Crippen LogP contribution in [0.5, 0.6) is 0 Å². The molecule has 2 aromatic rings. The molecule has 0 fully saturated rings. The highest BCUT2D eigenvalue weighted by atomic mass is 19.1. The van der Waals surface area contributed by atoms with E-state index in [2.05, 4.69) is 4.98 Å². The van der Waals surface area contributed by atoms with Crippen molar-refractivity contribution in [3.05, 3.63) is 41.5 Å². The summed E-state index contributed by atoms with van der Waals surface area (Å²) in [5.74, 6) is 1.66. The maximum atomic E-state index is 13.2. The molecule has 2 N–H and O–H groups in total. The van der Waals surface area contributed by atoms with Crippen LogP contribution in [0.3, 0.4) is 0 Å². The van der Waals surface area contributed by atoms with Crippen LogP contribution < -0.4 is 5.73 Å². The molecule has 94 valence electrons. The Bertz CT molecular complexity index is 565. The third kappa shape index (κ3) is 2.04. The zero-order chi connectivity index (χ0) is 12.5. The van der Waals surface area contributed by atoms with Gasteiger partial charge in [-0.2, -0.15) is 0 Å². The van der Waals surface area contributed by atoms with Crippen molar-refractivity contribution in [2.45, 2.75) is 19.3 Å². The first-order valence-electron chi connectivity index (χ1n) is 6.21. The smallest absolute Gasteiger partial charge is 0.226 e. The zero-order valence-electron chi connectivity index (χ0n) is 10.0. The average Bonchev–Trinajstić information content (AvgIpc) is 2.81. The average molecular weight is 246 g/mol. The molecule has 3 nitrogen and oxygen atoms in total. The number of fused-ring (bicyclic) bond motifs is 1. The summed E-state index contributed by atoms with van der Waals surface area (Å²) in [7, 11) is 0. The van der Waals surface area contributed by atoms with E-state index in [1.807, 2.05) is 0 Å². The summed E-state index contributed by atoms with van der Waals surface area (Å²) in [5.41, 5.74) is 7.36. The van der Waals surface area contributed by atoms with Crippen molar-refractivity contribution in [1.29, 1.82) is 0 Å². The van der Waals surface area contributed by atoms with Crippen molar-refractivity contribution < 1.29 is 8.81 Å². The van der Waals surface area contributed by atoms with E-state index in [0.717, 1.165) is 30.7 Å². The van der Waals surface area contributed by atoms with Crippen LogP contribution in [0, 0.1) is 11.7 Å². The van der Waals surface area contributed by atoms with Gasteiger partial charge in [0.25, 0.3) is 0 Å². The second-order valence-electron chi connectivity index (χ2n) is 4.74. The minimum absolute atomic E-state index is 0.275. The van der Waals surface area contributed by atoms with Gasteiger partial charge in [0.15, 0.2) is 0 Å². The summed E-state index contributed by atoms with van der Waals surface area (Å²) in [6.07, 6.45) is 2.78. The molecule has 0 spiro atoms. The second kappa shape index (κ2) is 4.53. The van der Waals surface area contributed by atoms with Crippen LogP contribution in [-0.2, 0) is 12.8 Å². The molecule has 1 aliphatic carbocycles. The van der Waals surface area contributed by atoms with Gasteiger partial charge in [-0.25, -0.2) is 9.37 Å². The molecule has 0 bridgehead atoms. The monoisotopic (exact) mass is 246 g/mol. The number of hydrogen-bond donors (Lipinski definition) is 1. The first-order chi connectivity index (χ1) is 8.76. The predicted molar refractivity (Wildman–Crippen MR) is 66.5 cm³/mol. The number of halogens is 1. The van der Waals surface area contributed by atoms with Crippen LogP contribution in [0.1, 0.15) is 17.9 Å². The first-order valence-corrected chi connectivity index (χ1v) is 6.21. The summed E-state index contributed by atoms with van der Waals surface area (Å²) < 4.78 is 18.9. The number of aromatic nitrogens is 1. The number of benzene rings is 1. The van der Waals surface area contributed by atoms with E-state index in [4.69, 9.17) is 10.2 Å². The van der Waals surface area contributed by atoms with Crippen LogP contribution in [-0.4, -0.2) is 11.5 Å². The van der Waals surface area contributed by atoms with E-state index in [-0.39, 0.29) is 5.82 Å². The fraction of sp³-hybridized carbons (Fsp3) is 0.357. The SMILES string of the molecule is NCC1CCc2oc(-c3cccc(F)c3)nc2C1. The third-order valence-corrected chi connectivity index (χ3v) is 3.44. The van der Waals surface area contributed by atoms with Crippen LogP contribution in [0.2, 0.25) is 0 Å². The van der Waals surface area contributed by atoms with Gasteiger partial charge in [-0.05, 0) is 43.5 Å². The molecule has 3 rings (SSSR count). The lowest BCUT2D eigenvalue weighted by atomic mass is 9.90. The van der Waals surface area contributed by atoms with Crippen LogP contribution in [0.4, 0.5) is 4.39 Å². The molecular weight excluding hydrogens is 231 g/mol. The predicted octanol–water partition coefficient (Wildman–Crippen LogP) is 2.54. The largest absolute Gasteiger partial charge is 0.441 e. The Morgan fingerprint density at radius 2 is 2.33 bits per heavy atom. The molecule has 0 amide bonds. The number of hydrogen-bond acceptors (Lipinski definition) is 3. The van der Waals surface area contributed by atoms with Gasteiger partial charge < -0.3 is 10.2 Å². The van der Waals surface area contributed by atoms with Gasteiger partial charge in [0.2, 0.25) is 5.89 Å². The summed E-state index contributed by atoms with van der Waals surface area (Å²) in [5, 5.41) is 0. The van der Waals surface area contributed by atoms with Gasteiger partial charge in [-0.3, -0.25) is 0 Å². The molecule has 18 heavy (non-hydrogen) atoms. The standard InChI is InChI=1S/C14H15FN2O/c15-11-3-1-2-10(7-11)14-17-12-6-9(8-16)4-5-13(12)18-14/h1-3,7,9H,4-6,8,16H2. The van der Waals surface area contributed by atoms with Gasteiger partial charge in [0.1, 0.15) is 11.6 Å². The maximum Gasteiger partial charge on any atom is 0.226 e. The Morgan fingerprint density at radius 3 is 3.11 bits per heavy atom. The molecule has 0 radical (unpaired) electrons. The molecule has 0 saturated heterocycles. The van der Waals surface area contributed by atoms with Gasteiger partial charge >= 0.3 is 0 Å². The number of nitrogens with two attached hydrogens (primary N) is 1. The molecular formula is C14H15FN2O. The highest BCUT2D eigenvalue weighted by Crippen LogP contribution is 2.29. The van der Waals surface area contributed by atoms with Crippen LogP contribution in [0.25, 0.3) is 11.5 Å². The minimum atomic E-state index is -0.275. The Morgan fingerprint density at radius 1 is 1.44 bits per heavy atom. The van der Waals surface area contributed by atoms with Crippen LogP contribution in [0.15, 0.2) is 28.7 Å². The fourth-order valence-corrected chi connectivity index (χ4v) is 2.40. The van der Waals surface area contributed by atoms with Crippen LogP contribution >= 0.6 is 0 Å². The Labute approximate surface area is 105 Å². The van der Waals surface area contributed by atoms with Crippen molar-refractivity contribution in [1.82, 2.24) is 4.98 Å². The minimum Gasteiger partial charge on any atom is -0.441 e. The van der Waals surface area contributed by atoms with Crippen molar-refractivity contribution in [3.63, 3.8) is 0 Å². The maximum absolute atomic E-state index is 13.2. The lowest BCUT2D eigenvalue weighted by molar-refractivity contribution is 0.413. The number of rotatable bonds is 2. The fourth-order valence-electron chi connectivity index (χ4n) is 2.40. The summed E-state index contributed by atoms with van der Waals surface area (Å²) in [4.78, 5) is 4.47. The van der Waals surface area contributed by atoms with E-state index < -0.39 is 0 Å². The Balaban J connectivity index is 1.94. The summed E-state index contributed by atoms with van der Waals surface area (Å²) in [6, 6.07) is 6.33. The summed E-state index contributed by atoms with van der Waals surface area (Å²) >= 11 is 0. The first kappa shape index (κ1) is 11.4. The number of aryl methyl sites for hydroxylation is 1. The van der Waals surface area contributed by atoms with E-state index in [0.29, 0.717) is 23.9 Å². The van der Waals surface area contributed by atoms with Gasteiger partial charge in [0.05, 0.1) is 5.69 Å². The Kier molecular flexibility index (Phi) is 2.88. The molecule has 1 aliphatic rings. The summed E-state index contributed by atoms with van der Waals surface area (Å²) in [6.45, 7) is 0.682. The van der Waals surface area contributed by atoms with Gasteiger partial charge in [-0.15, -0.1) is 0 Å². The molecule has 1 aromatic heterocycles. The van der Waals surface area contributed by atoms with Gasteiger partial charge in [-0.1, -0.05) is 6.07 Å². The number of nitrogens with zero attached hydrogens (tertiary/aromatic N) is 1. The van der Waals surface area contributed by atoms with Crippen molar-refractivity contribution in [3.8, 4) is 11.5 Å². The molecule has 0 aliphatic heterocycles. The lowest BCUT2D eigenvalue weighted by Gasteiger charge is -2.17. The van der Waals surface area contributed by atoms with Crippen molar-refractivity contribution >= 4 is 0 Å². The normalized spacial score (nSPS) is 18.7. The van der Waals surface area contributed by atoms with E-state index in [1.54, 1.807) is 12.1 Å². The molecule has 1 unspecified atom stereocenters. The van der Waals surface area contributed by atoms with Crippen molar-refractivity contribution in [2.75, 3.05) is 6.54 Å². The highest BCUT2D eigenvalue weighted by Gasteiger charge is 2.23. The third-order valence-electron chi connectivity index (χ3n) is 3.44. The molecule has 1 heterocycles. The Hall–Kier alpha value is -1.68. The topological polar surface area (TPSA) is 52.0 Å². The van der Waals surface area contributed by atoms with E-state index in [9.17, 15) is 4.39 Å². The quantitative estimate of drug-likeness (QED) is 0.886. The lowest BCUT2D eigenvalue weighted by Crippen LogP contribution is -2.21. The molecule has 0 saturated carbocycles. The molecule has 1 atom stereocenters. The highest BCUT2D eigenvalue weighted by molar-refractivity contribution is 5.53. The second-order valence-corrected chi connectivity index (χ2v) is 4.74. The van der Waals surface area contributed by atoms with Gasteiger partial charge in [0, 0.05) is 12.0 Å². The molecule has 4 heteroatoms. The molecule has 1 aromatic carbocycles. The van der Waals surface area contributed by atoms with Crippen molar-refractivity contribution in [2.24, 2.45) is 11.7 Å². The number of oxazole rings is 1. The van der Waals surface area contributed by atoms with E-state index >= 15 is 0 Å².